The van der Waals surface area contributed by atoms with Crippen molar-refractivity contribution in [3.05, 3.63) is 23.3 Å². The lowest BCUT2D eigenvalue weighted by Gasteiger charge is -2.13. The van der Waals surface area contributed by atoms with Gasteiger partial charge in [0, 0.05) is 18.7 Å². The van der Waals surface area contributed by atoms with Crippen LogP contribution >= 0.6 is 12.4 Å². The molecular formula is C14H23ClN2O3. The van der Waals surface area contributed by atoms with Gasteiger partial charge in [-0.2, -0.15) is 0 Å². The maximum atomic E-state index is 12.1. The van der Waals surface area contributed by atoms with Gasteiger partial charge in [-0.3, -0.25) is 4.79 Å². The van der Waals surface area contributed by atoms with Crippen molar-refractivity contribution in [2.24, 2.45) is 0 Å². The van der Waals surface area contributed by atoms with E-state index in [9.17, 15) is 4.79 Å². The van der Waals surface area contributed by atoms with Gasteiger partial charge in [-0.25, -0.2) is 0 Å². The van der Waals surface area contributed by atoms with Gasteiger partial charge in [-0.1, -0.05) is 6.92 Å². The van der Waals surface area contributed by atoms with E-state index in [0.29, 0.717) is 23.6 Å². The zero-order valence-corrected chi connectivity index (χ0v) is 13.2. The van der Waals surface area contributed by atoms with E-state index < -0.39 is 0 Å². The molecule has 1 amide bonds. The van der Waals surface area contributed by atoms with E-state index in [0.717, 1.165) is 18.7 Å². The first-order chi connectivity index (χ1) is 9.13. The van der Waals surface area contributed by atoms with Crippen LogP contribution in [-0.2, 0) is 0 Å². The van der Waals surface area contributed by atoms with Crippen molar-refractivity contribution in [1.29, 1.82) is 0 Å². The highest BCUT2D eigenvalue weighted by molar-refractivity contribution is 5.96. The highest BCUT2D eigenvalue weighted by atomic mass is 35.5. The zero-order chi connectivity index (χ0) is 14.3. The Labute approximate surface area is 126 Å². The first-order valence-electron chi connectivity index (χ1n) is 6.35. The van der Waals surface area contributed by atoms with Gasteiger partial charge >= 0.3 is 0 Å². The minimum Gasteiger partial charge on any atom is -0.493 e. The molecule has 0 aliphatic rings. The molecular weight excluding hydrogens is 280 g/mol. The van der Waals surface area contributed by atoms with Crippen molar-refractivity contribution in [3.8, 4) is 11.5 Å². The standard InChI is InChI=1S/C14H22N2O3.ClH/c1-5-15-6-7-16-14(17)11-9-13(19-4)12(18-3)8-10(11)2;/h8-9,15H,5-7H2,1-4H3,(H,16,17);1H. The van der Waals surface area contributed by atoms with Gasteiger partial charge in [0.25, 0.3) is 5.91 Å². The smallest absolute Gasteiger partial charge is 0.251 e. The van der Waals surface area contributed by atoms with Crippen LogP contribution in [0.25, 0.3) is 0 Å². The van der Waals surface area contributed by atoms with Crippen LogP contribution in [0.15, 0.2) is 12.1 Å². The predicted octanol–water partition coefficient (Wildman–Crippen LogP) is 1.77. The maximum absolute atomic E-state index is 12.1. The number of hydrogen-bond donors (Lipinski definition) is 2. The molecule has 0 bridgehead atoms. The quantitative estimate of drug-likeness (QED) is 0.754. The van der Waals surface area contributed by atoms with Crippen molar-refractivity contribution in [2.75, 3.05) is 33.9 Å². The SMILES string of the molecule is CCNCCNC(=O)c1cc(OC)c(OC)cc1C.Cl. The molecule has 0 saturated carbocycles. The van der Waals surface area contributed by atoms with E-state index in [2.05, 4.69) is 10.6 Å². The molecule has 0 saturated heterocycles. The number of rotatable bonds is 7. The van der Waals surface area contributed by atoms with Gasteiger partial charge in [-0.05, 0) is 31.2 Å². The summed E-state index contributed by atoms with van der Waals surface area (Å²) < 4.78 is 10.4. The zero-order valence-electron chi connectivity index (χ0n) is 12.4. The monoisotopic (exact) mass is 302 g/mol. The molecule has 2 N–H and O–H groups in total. The van der Waals surface area contributed by atoms with E-state index >= 15 is 0 Å². The number of likely N-dealkylation sites (N-methyl/N-ethyl adjacent to an activating group) is 1. The molecule has 0 aliphatic carbocycles. The molecule has 1 aromatic carbocycles. The summed E-state index contributed by atoms with van der Waals surface area (Å²) in [6.45, 7) is 6.15. The summed E-state index contributed by atoms with van der Waals surface area (Å²) in [6, 6.07) is 3.51. The summed E-state index contributed by atoms with van der Waals surface area (Å²) >= 11 is 0. The number of aryl methyl sites for hydroxylation is 1. The van der Waals surface area contributed by atoms with Crippen LogP contribution in [0.2, 0.25) is 0 Å². The van der Waals surface area contributed by atoms with Crippen LogP contribution in [0.3, 0.4) is 0 Å². The number of halogens is 1. The van der Waals surface area contributed by atoms with Crippen molar-refractivity contribution >= 4 is 18.3 Å². The van der Waals surface area contributed by atoms with E-state index in [-0.39, 0.29) is 18.3 Å². The van der Waals surface area contributed by atoms with Crippen LogP contribution < -0.4 is 20.1 Å². The number of benzene rings is 1. The lowest BCUT2D eigenvalue weighted by atomic mass is 10.1. The number of ether oxygens (including phenoxy) is 2. The molecule has 0 spiro atoms. The Kier molecular flexibility index (Phi) is 8.76. The summed E-state index contributed by atoms with van der Waals surface area (Å²) in [5.74, 6) is 1.09. The minimum absolute atomic E-state index is 0. The fourth-order valence-corrected chi connectivity index (χ4v) is 1.76. The fourth-order valence-electron chi connectivity index (χ4n) is 1.76. The Bertz CT molecular complexity index is 439. The average Bonchev–Trinajstić information content (AvgIpc) is 2.42. The summed E-state index contributed by atoms with van der Waals surface area (Å²) in [5, 5.41) is 6.02. The molecule has 0 radical (unpaired) electrons. The topological polar surface area (TPSA) is 59.6 Å². The molecule has 0 atom stereocenters. The van der Waals surface area contributed by atoms with Gasteiger partial charge in [-0.15, -0.1) is 12.4 Å². The Hall–Kier alpha value is -1.46. The van der Waals surface area contributed by atoms with E-state index in [1.54, 1.807) is 26.4 Å². The van der Waals surface area contributed by atoms with Gasteiger partial charge < -0.3 is 20.1 Å². The summed E-state index contributed by atoms with van der Waals surface area (Å²) in [7, 11) is 3.13. The van der Waals surface area contributed by atoms with E-state index in [4.69, 9.17) is 9.47 Å². The highest BCUT2D eigenvalue weighted by Gasteiger charge is 2.13. The fraction of sp³-hybridized carbons (Fsp3) is 0.500. The molecule has 0 aliphatic heterocycles. The van der Waals surface area contributed by atoms with Gasteiger partial charge in [0.15, 0.2) is 11.5 Å². The number of carbonyl (C=O) groups excluding carboxylic acids is 1. The van der Waals surface area contributed by atoms with Gasteiger partial charge in [0.2, 0.25) is 0 Å². The van der Waals surface area contributed by atoms with Crippen LogP contribution in [0.1, 0.15) is 22.8 Å². The molecule has 0 fully saturated rings. The summed E-state index contributed by atoms with van der Waals surface area (Å²) in [6.07, 6.45) is 0. The predicted molar refractivity (Wildman–Crippen MR) is 82.4 cm³/mol. The number of methoxy groups -OCH3 is 2. The third-order valence-electron chi connectivity index (χ3n) is 2.81. The van der Waals surface area contributed by atoms with Crippen molar-refractivity contribution in [1.82, 2.24) is 10.6 Å². The van der Waals surface area contributed by atoms with E-state index in [1.165, 1.54) is 0 Å². The number of hydrogen-bond acceptors (Lipinski definition) is 4. The Morgan fingerprint density at radius 2 is 1.75 bits per heavy atom. The Morgan fingerprint density at radius 1 is 1.15 bits per heavy atom. The van der Waals surface area contributed by atoms with Gasteiger partial charge in [0.05, 0.1) is 14.2 Å². The summed E-state index contributed by atoms with van der Waals surface area (Å²) in [5.41, 5.74) is 1.47. The molecule has 6 heteroatoms. The highest BCUT2D eigenvalue weighted by Crippen LogP contribution is 2.30. The first kappa shape index (κ1) is 18.5. The number of amides is 1. The second kappa shape index (κ2) is 9.44. The molecule has 0 unspecified atom stereocenters. The first-order valence-corrected chi connectivity index (χ1v) is 6.35. The van der Waals surface area contributed by atoms with Crippen LogP contribution in [0.4, 0.5) is 0 Å². The average molecular weight is 303 g/mol. The third kappa shape index (κ3) is 4.90. The maximum Gasteiger partial charge on any atom is 0.251 e. The van der Waals surface area contributed by atoms with Crippen molar-refractivity contribution in [3.63, 3.8) is 0 Å². The summed E-state index contributed by atoms with van der Waals surface area (Å²) in [4.78, 5) is 12.1. The lowest BCUT2D eigenvalue weighted by molar-refractivity contribution is 0.0953. The second-order valence-corrected chi connectivity index (χ2v) is 4.13. The van der Waals surface area contributed by atoms with Crippen LogP contribution in [0, 0.1) is 6.92 Å². The molecule has 114 valence electrons. The second-order valence-electron chi connectivity index (χ2n) is 4.13. The molecule has 1 rings (SSSR count). The van der Waals surface area contributed by atoms with Crippen molar-refractivity contribution in [2.45, 2.75) is 13.8 Å². The third-order valence-corrected chi connectivity index (χ3v) is 2.81. The van der Waals surface area contributed by atoms with Crippen LogP contribution in [0.5, 0.6) is 11.5 Å². The van der Waals surface area contributed by atoms with E-state index in [1.807, 2.05) is 13.8 Å². The van der Waals surface area contributed by atoms with Crippen molar-refractivity contribution < 1.29 is 14.3 Å². The normalized spacial score (nSPS) is 9.60. The lowest BCUT2D eigenvalue weighted by Crippen LogP contribution is -2.32. The van der Waals surface area contributed by atoms with Crippen LogP contribution in [-0.4, -0.2) is 39.8 Å². The molecule has 20 heavy (non-hydrogen) atoms. The largest absolute Gasteiger partial charge is 0.493 e. The molecule has 5 nitrogen and oxygen atoms in total. The molecule has 0 heterocycles. The minimum atomic E-state index is -0.101. The molecule has 1 aromatic rings. The number of nitrogens with one attached hydrogen (secondary N) is 2. The Morgan fingerprint density at radius 3 is 2.30 bits per heavy atom. The van der Waals surface area contributed by atoms with Gasteiger partial charge in [0.1, 0.15) is 0 Å². The number of carbonyl (C=O) groups is 1. The Balaban J connectivity index is 0.00000361. The molecule has 0 aromatic heterocycles.